The number of anilines is 1. The zero-order valence-corrected chi connectivity index (χ0v) is 13.9. The second-order valence-corrected chi connectivity index (χ2v) is 6.81. The number of rotatable bonds is 2. The normalized spacial score (nSPS) is 15.0. The van der Waals surface area contributed by atoms with Crippen LogP contribution in [0, 0.1) is 10.9 Å². The number of carbonyl (C=O) groups is 1. The van der Waals surface area contributed by atoms with Crippen LogP contribution in [0.5, 0.6) is 0 Å². The second kappa shape index (κ2) is 6.20. The standard InChI is InChI=1S/C15H17N3O2S2/c1-10-3-2-4-11(9-10)18-13(16)12(22-15(18)21)14(19)17-5-7-20-8-6-17/h2-4,9H,5-8,16H2,1H3. The maximum atomic E-state index is 12.6. The summed E-state index contributed by atoms with van der Waals surface area (Å²) in [5, 5.41) is 0. The fraction of sp³-hybridized carbons (Fsp3) is 0.333. The summed E-state index contributed by atoms with van der Waals surface area (Å²) in [6.45, 7) is 4.32. The number of nitrogens with two attached hydrogens (primary N) is 1. The summed E-state index contributed by atoms with van der Waals surface area (Å²) >= 11 is 6.68. The van der Waals surface area contributed by atoms with Crippen LogP contribution >= 0.6 is 23.6 Å². The fourth-order valence-electron chi connectivity index (χ4n) is 2.46. The molecule has 1 amide bonds. The lowest BCUT2D eigenvalue weighted by Crippen LogP contribution is -2.40. The van der Waals surface area contributed by atoms with Crippen LogP contribution in [0.2, 0.25) is 0 Å². The Bertz CT molecular complexity index is 760. The Morgan fingerprint density at radius 3 is 2.77 bits per heavy atom. The Morgan fingerprint density at radius 2 is 2.09 bits per heavy atom. The number of nitrogen functional groups attached to an aromatic ring is 1. The Balaban J connectivity index is 2.00. The molecule has 2 N–H and O–H groups in total. The van der Waals surface area contributed by atoms with E-state index in [-0.39, 0.29) is 5.91 Å². The smallest absolute Gasteiger partial charge is 0.267 e. The highest BCUT2D eigenvalue weighted by Gasteiger charge is 2.24. The van der Waals surface area contributed by atoms with Gasteiger partial charge in [-0.05, 0) is 36.8 Å². The number of thiazole rings is 1. The lowest BCUT2D eigenvalue weighted by atomic mass is 10.2. The largest absolute Gasteiger partial charge is 0.383 e. The van der Waals surface area contributed by atoms with Gasteiger partial charge < -0.3 is 15.4 Å². The minimum absolute atomic E-state index is 0.0664. The predicted molar refractivity (Wildman–Crippen MR) is 90.4 cm³/mol. The van der Waals surface area contributed by atoms with Crippen molar-refractivity contribution in [2.75, 3.05) is 32.0 Å². The maximum absolute atomic E-state index is 12.6. The van der Waals surface area contributed by atoms with Gasteiger partial charge >= 0.3 is 0 Å². The summed E-state index contributed by atoms with van der Waals surface area (Å²) in [5.41, 5.74) is 8.23. The number of hydrogen-bond acceptors (Lipinski definition) is 5. The monoisotopic (exact) mass is 335 g/mol. The number of amides is 1. The van der Waals surface area contributed by atoms with Crippen molar-refractivity contribution >= 4 is 35.3 Å². The summed E-state index contributed by atoms with van der Waals surface area (Å²) in [6.07, 6.45) is 0. The topological polar surface area (TPSA) is 60.5 Å². The number of morpholine rings is 1. The maximum Gasteiger partial charge on any atom is 0.267 e. The van der Waals surface area contributed by atoms with Crippen molar-refractivity contribution in [2.45, 2.75) is 6.92 Å². The molecule has 0 aliphatic carbocycles. The van der Waals surface area contributed by atoms with Gasteiger partial charge in [0.1, 0.15) is 10.7 Å². The Labute approximate surface area is 137 Å². The average molecular weight is 335 g/mol. The van der Waals surface area contributed by atoms with E-state index in [2.05, 4.69) is 0 Å². The molecule has 0 unspecified atom stereocenters. The first-order valence-corrected chi connectivity index (χ1v) is 8.26. The molecule has 2 heterocycles. The molecule has 2 aromatic rings. The Hall–Kier alpha value is -1.70. The molecule has 1 fully saturated rings. The predicted octanol–water partition coefficient (Wildman–Crippen LogP) is 2.63. The van der Waals surface area contributed by atoms with Crippen LogP contribution in [0.25, 0.3) is 5.69 Å². The third-order valence-corrected chi connectivity index (χ3v) is 4.98. The van der Waals surface area contributed by atoms with Gasteiger partial charge in [0, 0.05) is 18.8 Å². The molecule has 0 bridgehead atoms. The number of benzene rings is 1. The van der Waals surface area contributed by atoms with E-state index in [1.54, 1.807) is 9.47 Å². The van der Waals surface area contributed by atoms with Crippen LogP contribution in [-0.4, -0.2) is 41.7 Å². The molecule has 0 atom stereocenters. The summed E-state index contributed by atoms with van der Waals surface area (Å²) in [7, 11) is 0. The highest BCUT2D eigenvalue weighted by Crippen LogP contribution is 2.28. The van der Waals surface area contributed by atoms with Gasteiger partial charge in [0.15, 0.2) is 3.95 Å². The molecule has 0 spiro atoms. The van der Waals surface area contributed by atoms with Crippen LogP contribution in [0.3, 0.4) is 0 Å². The number of nitrogens with zero attached hydrogens (tertiary/aromatic N) is 2. The second-order valence-electron chi connectivity index (χ2n) is 5.16. The minimum Gasteiger partial charge on any atom is -0.383 e. The lowest BCUT2D eigenvalue weighted by Gasteiger charge is -2.26. The van der Waals surface area contributed by atoms with Gasteiger partial charge in [-0.3, -0.25) is 9.36 Å². The third kappa shape index (κ3) is 2.79. The fourth-order valence-corrected chi connectivity index (χ4v) is 3.80. The van der Waals surface area contributed by atoms with Gasteiger partial charge in [0.25, 0.3) is 5.91 Å². The van der Waals surface area contributed by atoms with Gasteiger partial charge in [0.2, 0.25) is 0 Å². The summed E-state index contributed by atoms with van der Waals surface area (Å²) in [5.74, 6) is 0.348. The molecule has 0 radical (unpaired) electrons. The van der Waals surface area contributed by atoms with Crippen molar-refractivity contribution in [2.24, 2.45) is 0 Å². The van der Waals surface area contributed by atoms with Crippen molar-refractivity contribution in [1.29, 1.82) is 0 Å². The number of hydrogen-bond donors (Lipinski definition) is 1. The van der Waals surface area contributed by atoms with Gasteiger partial charge in [-0.1, -0.05) is 23.5 Å². The van der Waals surface area contributed by atoms with Gasteiger partial charge in [-0.25, -0.2) is 0 Å². The molecule has 3 rings (SSSR count). The van der Waals surface area contributed by atoms with Crippen molar-refractivity contribution < 1.29 is 9.53 Å². The molecule has 1 aromatic heterocycles. The van der Waals surface area contributed by atoms with E-state index < -0.39 is 0 Å². The van der Waals surface area contributed by atoms with E-state index in [1.807, 2.05) is 31.2 Å². The lowest BCUT2D eigenvalue weighted by molar-refractivity contribution is 0.0306. The molecular weight excluding hydrogens is 318 g/mol. The van der Waals surface area contributed by atoms with Crippen LogP contribution in [-0.2, 0) is 4.74 Å². The minimum atomic E-state index is -0.0664. The highest BCUT2D eigenvalue weighted by atomic mass is 32.1. The van der Waals surface area contributed by atoms with E-state index in [0.717, 1.165) is 11.3 Å². The number of ether oxygens (including phenoxy) is 1. The van der Waals surface area contributed by atoms with Crippen molar-refractivity contribution in [3.8, 4) is 5.69 Å². The first kappa shape index (κ1) is 15.2. The van der Waals surface area contributed by atoms with E-state index in [1.165, 1.54) is 11.3 Å². The molecule has 1 aliphatic rings. The number of aryl methyl sites for hydroxylation is 1. The average Bonchev–Trinajstić information content (AvgIpc) is 2.82. The summed E-state index contributed by atoms with van der Waals surface area (Å²) in [6, 6.07) is 7.90. The van der Waals surface area contributed by atoms with Gasteiger partial charge in [-0.15, -0.1) is 0 Å². The van der Waals surface area contributed by atoms with Crippen molar-refractivity contribution in [3.05, 3.63) is 38.7 Å². The Morgan fingerprint density at radius 1 is 1.36 bits per heavy atom. The summed E-state index contributed by atoms with van der Waals surface area (Å²) in [4.78, 5) is 14.9. The number of carbonyl (C=O) groups excluding carboxylic acids is 1. The van der Waals surface area contributed by atoms with Crippen LogP contribution < -0.4 is 5.73 Å². The van der Waals surface area contributed by atoms with Crippen LogP contribution in [0.15, 0.2) is 24.3 Å². The van der Waals surface area contributed by atoms with Crippen LogP contribution in [0.1, 0.15) is 15.2 Å². The van der Waals surface area contributed by atoms with E-state index in [4.69, 9.17) is 22.7 Å². The van der Waals surface area contributed by atoms with E-state index in [0.29, 0.717) is 41.0 Å². The molecule has 1 aromatic carbocycles. The van der Waals surface area contributed by atoms with Gasteiger partial charge in [0.05, 0.1) is 13.2 Å². The van der Waals surface area contributed by atoms with Crippen molar-refractivity contribution in [1.82, 2.24) is 9.47 Å². The Kier molecular flexibility index (Phi) is 4.28. The first-order valence-electron chi connectivity index (χ1n) is 7.03. The molecule has 0 saturated carbocycles. The zero-order valence-electron chi connectivity index (χ0n) is 12.2. The van der Waals surface area contributed by atoms with E-state index >= 15 is 0 Å². The molecule has 1 aliphatic heterocycles. The molecular formula is C15H17N3O2S2. The quantitative estimate of drug-likeness (QED) is 0.857. The molecule has 1 saturated heterocycles. The molecule has 22 heavy (non-hydrogen) atoms. The van der Waals surface area contributed by atoms with E-state index in [9.17, 15) is 4.79 Å². The zero-order chi connectivity index (χ0) is 15.7. The molecule has 7 heteroatoms. The van der Waals surface area contributed by atoms with Crippen LogP contribution in [0.4, 0.5) is 5.82 Å². The number of aromatic nitrogens is 1. The molecule has 116 valence electrons. The molecule has 5 nitrogen and oxygen atoms in total. The highest BCUT2D eigenvalue weighted by molar-refractivity contribution is 7.73. The summed E-state index contributed by atoms with van der Waals surface area (Å²) < 4.78 is 7.63. The first-order chi connectivity index (χ1) is 10.6. The van der Waals surface area contributed by atoms with Gasteiger partial charge in [-0.2, -0.15) is 0 Å². The van der Waals surface area contributed by atoms with Crippen molar-refractivity contribution in [3.63, 3.8) is 0 Å². The SMILES string of the molecule is Cc1cccc(-n2c(N)c(C(=O)N3CCOCC3)sc2=S)c1. The third-order valence-electron chi connectivity index (χ3n) is 3.60.